The third kappa shape index (κ3) is 5.74. The minimum absolute atomic E-state index is 0.0908. The number of anilines is 1. The predicted molar refractivity (Wildman–Crippen MR) is 138 cm³/mol. The van der Waals surface area contributed by atoms with Gasteiger partial charge >= 0.3 is 6.09 Å². The molecular formula is C27H34BrN3O3. The van der Waals surface area contributed by atoms with Gasteiger partial charge in [0.2, 0.25) is 5.91 Å². The lowest BCUT2D eigenvalue weighted by Gasteiger charge is -2.34. The van der Waals surface area contributed by atoms with E-state index in [9.17, 15) is 9.59 Å². The molecule has 0 bridgehead atoms. The van der Waals surface area contributed by atoms with Gasteiger partial charge in [-0.15, -0.1) is 0 Å². The van der Waals surface area contributed by atoms with E-state index in [0.29, 0.717) is 12.5 Å². The molecule has 34 heavy (non-hydrogen) atoms. The summed E-state index contributed by atoms with van der Waals surface area (Å²) in [5, 5.41) is 2.83. The summed E-state index contributed by atoms with van der Waals surface area (Å²) in [5.74, 6) is 0.564. The number of ether oxygens (including phenoxy) is 1. The largest absolute Gasteiger partial charge is 0.444 e. The third-order valence-electron chi connectivity index (χ3n) is 6.60. The molecular weight excluding hydrogens is 494 g/mol. The van der Waals surface area contributed by atoms with Gasteiger partial charge in [0.15, 0.2) is 0 Å². The van der Waals surface area contributed by atoms with Crippen molar-refractivity contribution in [3.05, 3.63) is 63.6 Å². The molecule has 0 aliphatic carbocycles. The second-order valence-electron chi connectivity index (χ2n) is 10.3. The van der Waals surface area contributed by atoms with E-state index in [1.165, 1.54) is 5.56 Å². The number of nitrogens with one attached hydrogen (secondary N) is 1. The van der Waals surface area contributed by atoms with Crippen LogP contribution < -0.4 is 10.2 Å². The van der Waals surface area contributed by atoms with E-state index >= 15 is 0 Å². The van der Waals surface area contributed by atoms with Gasteiger partial charge in [-0.1, -0.05) is 46.3 Å². The maximum atomic E-state index is 13.4. The standard InChI is InChI=1S/C27H34BrN3O3/c1-27(2,3)34-26(33)29-16-18-6-5-7-20(14-18)19-10-12-31(13-11-19)25(32)23-17-30(4)24-15-21(28)8-9-22(23)24/h5-9,14-15,19,23H,10-13,16-17H2,1-4H3,(H,29,33). The summed E-state index contributed by atoms with van der Waals surface area (Å²) >= 11 is 3.54. The monoisotopic (exact) mass is 527 g/mol. The Kier molecular flexibility index (Phi) is 7.22. The van der Waals surface area contributed by atoms with E-state index in [-0.39, 0.29) is 11.8 Å². The Hall–Kier alpha value is -2.54. The molecule has 2 aromatic rings. The van der Waals surface area contributed by atoms with Gasteiger partial charge in [0.05, 0.1) is 5.92 Å². The highest BCUT2D eigenvalue weighted by Gasteiger charge is 2.36. The summed E-state index contributed by atoms with van der Waals surface area (Å²) in [6, 6.07) is 14.6. The number of rotatable bonds is 4. The minimum atomic E-state index is -0.510. The Morgan fingerprint density at radius 2 is 1.85 bits per heavy atom. The summed E-state index contributed by atoms with van der Waals surface area (Å²) in [6.45, 7) is 8.28. The highest BCUT2D eigenvalue weighted by Crippen LogP contribution is 2.39. The van der Waals surface area contributed by atoms with Crippen molar-refractivity contribution in [2.45, 2.75) is 57.6 Å². The number of halogens is 1. The van der Waals surface area contributed by atoms with Crippen LogP contribution in [0.3, 0.4) is 0 Å². The zero-order valence-corrected chi connectivity index (χ0v) is 22.0. The number of fused-ring (bicyclic) bond motifs is 1. The van der Waals surface area contributed by atoms with Gasteiger partial charge in [-0.2, -0.15) is 0 Å². The summed E-state index contributed by atoms with van der Waals surface area (Å²) in [6.07, 6.45) is 1.49. The molecule has 1 unspecified atom stereocenters. The molecule has 1 atom stereocenters. The van der Waals surface area contributed by atoms with Crippen LogP contribution in [0.1, 0.15) is 62.1 Å². The maximum absolute atomic E-state index is 13.4. The van der Waals surface area contributed by atoms with Crippen LogP contribution in [0.25, 0.3) is 0 Å². The number of benzene rings is 2. The first-order valence-corrected chi connectivity index (χ1v) is 12.7. The number of likely N-dealkylation sites (N-methyl/N-ethyl adjacent to an activating group) is 1. The van der Waals surface area contributed by atoms with Crippen molar-refractivity contribution in [2.75, 3.05) is 31.6 Å². The molecule has 2 aliphatic rings. The van der Waals surface area contributed by atoms with Crippen LogP contribution in [0.2, 0.25) is 0 Å². The molecule has 182 valence electrons. The average Bonchev–Trinajstić information content (AvgIpc) is 3.12. The van der Waals surface area contributed by atoms with Crippen molar-refractivity contribution in [2.24, 2.45) is 0 Å². The minimum Gasteiger partial charge on any atom is -0.444 e. The fourth-order valence-electron chi connectivity index (χ4n) is 4.92. The van der Waals surface area contributed by atoms with Gasteiger partial charge in [-0.3, -0.25) is 4.79 Å². The van der Waals surface area contributed by atoms with Gasteiger partial charge in [0, 0.05) is 43.4 Å². The molecule has 1 saturated heterocycles. The third-order valence-corrected chi connectivity index (χ3v) is 7.09. The first-order valence-electron chi connectivity index (χ1n) is 12.0. The SMILES string of the molecule is CN1CC(C(=O)N2CCC(c3cccc(CNC(=O)OC(C)(C)C)c3)CC2)c2ccc(Br)cc21. The first-order chi connectivity index (χ1) is 16.1. The number of hydrogen-bond acceptors (Lipinski definition) is 4. The van der Waals surface area contributed by atoms with Crippen molar-refractivity contribution in [1.82, 2.24) is 10.2 Å². The van der Waals surface area contributed by atoms with Gasteiger partial charge < -0.3 is 19.9 Å². The molecule has 0 spiro atoms. The maximum Gasteiger partial charge on any atom is 0.407 e. The Morgan fingerprint density at radius 3 is 2.56 bits per heavy atom. The molecule has 2 aliphatic heterocycles. The number of nitrogens with zero attached hydrogens (tertiary/aromatic N) is 2. The molecule has 2 aromatic carbocycles. The summed E-state index contributed by atoms with van der Waals surface area (Å²) in [4.78, 5) is 29.6. The van der Waals surface area contributed by atoms with Crippen LogP contribution in [-0.4, -0.2) is 49.2 Å². The number of alkyl carbamates (subject to hydrolysis) is 1. The number of hydrogen-bond donors (Lipinski definition) is 1. The molecule has 1 fully saturated rings. The zero-order valence-electron chi connectivity index (χ0n) is 20.4. The predicted octanol–water partition coefficient (Wildman–Crippen LogP) is 5.41. The summed E-state index contributed by atoms with van der Waals surface area (Å²) < 4.78 is 6.36. The van der Waals surface area contributed by atoms with Gasteiger partial charge in [0.25, 0.3) is 0 Å². The molecule has 0 radical (unpaired) electrons. The lowest BCUT2D eigenvalue weighted by atomic mass is 9.88. The van der Waals surface area contributed by atoms with Crippen LogP contribution in [0.4, 0.5) is 10.5 Å². The molecule has 0 saturated carbocycles. The van der Waals surface area contributed by atoms with Crippen molar-refractivity contribution >= 4 is 33.6 Å². The Labute approximate surface area is 210 Å². The normalized spacial score (nSPS) is 18.6. The molecule has 1 N–H and O–H groups in total. The molecule has 2 heterocycles. The van der Waals surface area contributed by atoms with Crippen molar-refractivity contribution in [3.63, 3.8) is 0 Å². The number of carbonyl (C=O) groups excluding carboxylic acids is 2. The molecule has 2 amide bonds. The lowest BCUT2D eigenvalue weighted by Crippen LogP contribution is -2.41. The summed E-state index contributed by atoms with van der Waals surface area (Å²) in [7, 11) is 2.05. The van der Waals surface area contributed by atoms with Crippen LogP contribution >= 0.6 is 15.9 Å². The second kappa shape index (κ2) is 9.98. The van der Waals surface area contributed by atoms with Gasteiger partial charge in [-0.25, -0.2) is 4.79 Å². The van der Waals surface area contributed by atoms with Crippen LogP contribution in [0, 0.1) is 0 Å². The van der Waals surface area contributed by atoms with Crippen molar-refractivity contribution < 1.29 is 14.3 Å². The Bertz CT molecular complexity index is 1060. The number of likely N-dealkylation sites (tertiary alicyclic amines) is 1. The quantitative estimate of drug-likeness (QED) is 0.577. The first kappa shape index (κ1) is 24.6. The van der Waals surface area contributed by atoms with Gasteiger partial charge in [0.1, 0.15) is 5.60 Å². The molecule has 7 heteroatoms. The molecule has 6 nitrogen and oxygen atoms in total. The number of carbonyl (C=O) groups is 2. The fraction of sp³-hybridized carbons (Fsp3) is 0.481. The highest BCUT2D eigenvalue weighted by atomic mass is 79.9. The van der Waals surface area contributed by atoms with E-state index < -0.39 is 11.7 Å². The smallest absolute Gasteiger partial charge is 0.407 e. The zero-order chi connectivity index (χ0) is 24.5. The van der Waals surface area contributed by atoms with E-state index in [2.05, 4.69) is 57.5 Å². The van der Waals surface area contributed by atoms with E-state index in [1.807, 2.05) is 43.9 Å². The number of piperidine rings is 1. The fourth-order valence-corrected chi connectivity index (χ4v) is 5.27. The highest BCUT2D eigenvalue weighted by molar-refractivity contribution is 9.10. The summed E-state index contributed by atoms with van der Waals surface area (Å²) in [5.41, 5.74) is 4.08. The van der Waals surface area contributed by atoms with Crippen LogP contribution in [0.5, 0.6) is 0 Å². The van der Waals surface area contributed by atoms with E-state index in [1.54, 1.807) is 0 Å². The van der Waals surface area contributed by atoms with Gasteiger partial charge in [-0.05, 0) is 68.4 Å². The Balaban J connectivity index is 1.33. The molecule has 4 rings (SSSR count). The lowest BCUT2D eigenvalue weighted by molar-refractivity contribution is -0.133. The molecule has 0 aromatic heterocycles. The second-order valence-corrected chi connectivity index (χ2v) is 11.3. The number of amides is 2. The van der Waals surface area contributed by atoms with E-state index in [4.69, 9.17) is 4.74 Å². The Morgan fingerprint density at radius 1 is 1.12 bits per heavy atom. The van der Waals surface area contributed by atoms with Crippen LogP contribution in [-0.2, 0) is 16.1 Å². The topological polar surface area (TPSA) is 61.9 Å². The van der Waals surface area contributed by atoms with E-state index in [0.717, 1.165) is 53.8 Å². The average molecular weight is 528 g/mol. The van der Waals surface area contributed by atoms with Crippen molar-refractivity contribution in [1.29, 1.82) is 0 Å². The van der Waals surface area contributed by atoms with Crippen molar-refractivity contribution in [3.8, 4) is 0 Å². The van der Waals surface area contributed by atoms with Crippen LogP contribution in [0.15, 0.2) is 46.9 Å².